The lowest BCUT2D eigenvalue weighted by Crippen LogP contribution is -2.49. The van der Waals surface area contributed by atoms with Gasteiger partial charge in [-0.15, -0.1) is 0 Å². The SMILES string of the molecule is CC(C)OC1CCC(CCCN2CCN[C@@H](C)C2)CC1. The van der Waals surface area contributed by atoms with Gasteiger partial charge in [0.1, 0.15) is 0 Å². The molecule has 0 aromatic carbocycles. The molecule has 20 heavy (non-hydrogen) atoms. The zero-order valence-electron chi connectivity index (χ0n) is 13.7. The number of piperazine rings is 1. The average Bonchev–Trinajstić information content (AvgIpc) is 2.40. The van der Waals surface area contributed by atoms with Crippen molar-refractivity contribution in [1.29, 1.82) is 0 Å². The molecule has 0 unspecified atom stereocenters. The molecule has 1 atom stereocenters. The molecule has 2 rings (SSSR count). The molecule has 0 amide bonds. The Kier molecular flexibility index (Phi) is 6.79. The van der Waals surface area contributed by atoms with Crippen molar-refractivity contribution < 1.29 is 4.74 Å². The fraction of sp³-hybridized carbons (Fsp3) is 1.00. The predicted molar refractivity (Wildman–Crippen MR) is 85.1 cm³/mol. The van der Waals surface area contributed by atoms with Crippen LogP contribution in [0.5, 0.6) is 0 Å². The average molecular weight is 282 g/mol. The largest absolute Gasteiger partial charge is 0.376 e. The van der Waals surface area contributed by atoms with Crippen LogP contribution in [0.1, 0.15) is 59.3 Å². The second-order valence-corrected chi connectivity index (χ2v) is 7.13. The Hall–Kier alpha value is -0.120. The van der Waals surface area contributed by atoms with E-state index in [-0.39, 0.29) is 0 Å². The van der Waals surface area contributed by atoms with Crippen molar-refractivity contribution in [3.63, 3.8) is 0 Å². The molecule has 3 nitrogen and oxygen atoms in total. The van der Waals surface area contributed by atoms with E-state index in [1.165, 1.54) is 64.7 Å². The summed E-state index contributed by atoms with van der Waals surface area (Å²) in [6, 6.07) is 0.673. The fourth-order valence-corrected chi connectivity index (χ4v) is 3.76. The molecule has 2 fully saturated rings. The molecule has 0 spiro atoms. The highest BCUT2D eigenvalue weighted by Gasteiger charge is 2.22. The summed E-state index contributed by atoms with van der Waals surface area (Å²) in [6.45, 7) is 11.5. The molecular weight excluding hydrogens is 248 g/mol. The van der Waals surface area contributed by atoms with E-state index < -0.39 is 0 Å². The number of hydrogen-bond acceptors (Lipinski definition) is 3. The minimum atomic E-state index is 0.395. The Bertz CT molecular complexity index is 262. The summed E-state index contributed by atoms with van der Waals surface area (Å²) in [7, 11) is 0. The fourth-order valence-electron chi connectivity index (χ4n) is 3.76. The Morgan fingerprint density at radius 2 is 1.95 bits per heavy atom. The van der Waals surface area contributed by atoms with Gasteiger partial charge in [-0.25, -0.2) is 0 Å². The molecule has 2 aliphatic rings. The highest BCUT2D eigenvalue weighted by molar-refractivity contribution is 4.77. The van der Waals surface area contributed by atoms with Crippen LogP contribution in [0.2, 0.25) is 0 Å². The molecule has 0 aromatic rings. The van der Waals surface area contributed by atoms with Gasteiger partial charge in [0.05, 0.1) is 12.2 Å². The van der Waals surface area contributed by atoms with Gasteiger partial charge in [-0.2, -0.15) is 0 Å². The van der Waals surface area contributed by atoms with Gasteiger partial charge in [-0.3, -0.25) is 0 Å². The van der Waals surface area contributed by atoms with Gasteiger partial charge in [0.15, 0.2) is 0 Å². The van der Waals surface area contributed by atoms with E-state index in [2.05, 4.69) is 31.0 Å². The van der Waals surface area contributed by atoms with Crippen LogP contribution in [0, 0.1) is 5.92 Å². The van der Waals surface area contributed by atoms with Crippen molar-refractivity contribution in [3.05, 3.63) is 0 Å². The lowest BCUT2D eigenvalue weighted by atomic mass is 9.84. The van der Waals surface area contributed by atoms with E-state index in [4.69, 9.17) is 4.74 Å². The quantitative estimate of drug-likeness (QED) is 0.810. The molecule has 1 aliphatic carbocycles. The maximum Gasteiger partial charge on any atom is 0.0578 e. The highest BCUT2D eigenvalue weighted by Crippen LogP contribution is 2.30. The lowest BCUT2D eigenvalue weighted by molar-refractivity contribution is -0.0204. The van der Waals surface area contributed by atoms with E-state index in [1.807, 2.05) is 0 Å². The first-order valence-electron chi connectivity index (χ1n) is 8.74. The molecule has 3 heteroatoms. The summed E-state index contributed by atoms with van der Waals surface area (Å²) in [5.74, 6) is 0.961. The minimum Gasteiger partial charge on any atom is -0.376 e. The van der Waals surface area contributed by atoms with E-state index in [0.717, 1.165) is 5.92 Å². The van der Waals surface area contributed by atoms with Gasteiger partial charge in [-0.1, -0.05) is 0 Å². The van der Waals surface area contributed by atoms with Gasteiger partial charge in [0, 0.05) is 25.7 Å². The molecule has 118 valence electrons. The second kappa shape index (κ2) is 8.35. The first-order valence-corrected chi connectivity index (χ1v) is 8.74. The zero-order valence-corrected chi connectivity index (χ0v) is 13.7. The van der Waals surface area contributed by atoms with Crippen molar-refractivity contribution >= 4 is 0 Å². The summed E-state index contributed by atoms with van der Waals surface area (Å²) in [5.41, 5.74) is 0. The molecule has 1 aliphatic heterocycles. The molecule has 0 bridgehead atoms. The van der Waals surface area contributed by atoms with Crippen molar-refractivity contribution in [3.8, 4) is 0 Å². The third-order valence-corrected chi connectivity index (χ3v) is 4.80. The highest BCUT2D eigenvalue weighted by atomic mass is 16.5. The number of nitrogens with one attached hydrogen (secondary N) is 1. The maximum absolute atomic E-state index is 5.94. The van der Waals surface area contributed by atoms with Crippen LogP contribution in [-0.4, -0.2) is 49.3 Å². The van der Waals surface area contributed by atoms with Crippen LogP contribution >= 0.6 is 0 Å². The van der Waals surface area contributed by atoms with Crippen LogP contribution in [0.4, 0.5) is 0 Å². The van der Waals surface area contributed by atoms with Crippen LogP contribution in [0.25, 0.3) is 0 Å². The molecular formula is C17H34N2O. The van der Waals surface area contributed by atoms with E-state index >= 15 is 0 Å². The smallest absolute Gasteiger partial charge is 0.0578 e. The molecule has 1 saturated heterocycles. The summed E-state index contributed by atoms with van der Waals surface area (Å²) < 4.78 is 5.94. The lowest BCUT2D eigenvalue weighted by Gasteiger charge is -2.33. The third-order valence-electron chi connectivity index (χ3n) is 4.80. The summed E-state index contributed by atoms with van der Waals surface area (Å²) in [4.78, 5) is 2.63. The van der Waals surface area contributed by atoms with Gasteiger partial charge < -0.3 is 15.0 Å². The van der Waals surface area contributed by atoms with Crippen molar-refractivity contribution in [1.82, 2.24) is 10.2 Å². The molecule has 1 saturated carbocycles. The third kappa shape index (κ3) is 5.71. The molecule has 1 heterocycles. The summed E-state index contributed by atoms with van der Waals surface area (Å²) in [5, 5.41) is 3.52. The zero-order chi connectivity index (χ0) is 14.4. The Labute approximate surface area is 125 Å². The van der Waals surface area contributed by atoms with Gasteiger partial charge in [-0.05, 0) is 71.8 Å². The number of rotatable bonds is 6. The van der Waals surface area contributed by atoms with Crippen molar-refractivity contribution in [2.24, 2.45) is 5.92 Å². The Morgan fingerprint density at radius 1 is 1.20 bits per heavy atom. The summed E-state index contributed by atoms with van der Waals surface area (Å²) in [6.07, 6.45) is 9.08. The number of ether oxygens (including phenoxy) is 1. The van der Waals surface area contributed by atoms with Crippen molar-refractivity contribution in [2.75, 3.05) is 26.2 Å². The van der Waals surface area contributed by atoms with Crippen LogP contribution < -0.4 is 5.32 Å². The monoisotopic (exact) mass is 282 g/mol. The van der Waals surface area contributed by atoms with Gasteiger partial charge in [0.2, 0.25) is 0 Å². The standard InChI is InChI=1S/C17H34N2O/c1-14(2)20-17-8-6-16(7-9-17)5-4-11-19-12-10-18-15(3)13-19/h14-18H,4-13H2,1-3H3/t15-,16?,17?/m0/s1. The summed E-state index contributed by atoms with van der Waals surface area (Å²) >= 11 is 0. The Balaban J connectivity index is 1.54. The van der Waals surface area contributed by atoms with Gasteiger partial charge in [0.25, 0.3) is 0 Å². The molecule has 1 N–H and O–H groups in total. The Morgan fingerprint density at radius 3 is 2.60 bits per heavy atom. The first kappa shape index (κ1) is 16.3. The number of nitrogens with zero attached hydrogens (tertiary/aromatic N) is 1. The van der Waals surface area contributed by atoms with Crippen LogP contribution in [0.3, 0.4) is 0 Å². The molecule has 0 aromatic heterocycles. The van der Waals surface area contributed by atoms with E-state index in [0.29, 0.717) is 18.2 Å². The predicted octanol–water partition coefficient (Wildman–Crippen LogP) is 3.04. The van der Waals surface area contributed by atoms with E-state index in [1.54, 1.807) is 0 Å². The van der Waals surface area contributed by atoms with Crippen molar-refractivity contribution in [2.45, 2.75) is 77.5 Å². The maximum atomic E-state index is 5.94. The normalized spacial score (nSPS) is 32.7. The van der Waals surface area contributed by atoms with Gasteiger partial charge >= 0.3 is 0 Å². The number of hydrogen-bond donors (Lipinski definition) is 1. The molecule has 0 radical (unpaired) electrons. The van der Waals surface area contributed by atoms with E-state index in [9.17, 15) is 0 Å². The minimum absolute atomic E-state index is 0.395. The first-order chi connectivity index (χ1) is 9.63. The second-order valence-electron chi connectivity index (χ2n) is 7.13. The van der Waals surface area contributed by atoms with Crippen LogP contribution in [-0.2, 0) is 4.74 Å². The van der Waals surface area contributed by atoms with Crippen LogP contribution in [0.15, 0.2) is 0 Å². The topological polar surface area (TPSA) is 24.5 Å².